The molecule has 0 bridgehead atoms. The van der Waals surface area contributed by atoms with Gasteiger partial charge in [0.05, 0.1) is 10.5 Å². The number of hydrogen-bond donors (Lipinski definition) is 1. The zero-order valence-corrected chi connectivity index (χ0v) is 18.5. The third-order valence-electron chi connectivity index (χ3n) is 4.08. The molecule has 0 heterocycles. The van der Waals surface area contributed by atoms with Gasteiger partial charge in [-0.25, -0.2) is 8.60 Å². The molecule has 0 radical (unpaired) electrons. The van der Waals surface area contributed by atoms with Crippen molar-refractivity contribution >= 4 is 32.6 Å². The Hall–Kier alpha value is -1.37. The highest BCUT2D eigenvalue weighted by Gasteiger charge is 2.20. The second-order valence-corrected chi connectivity index (χ2v) is 10.2. The van der Waals surface area contributed by atoms with Crippen molar-refractivity contribution in [1.82, 2.24) is 5.32 Å². The van der Waals surface area contributed by atoms with Gasteiger partial charge in [0.1, 0.15) is 16.8 Å². The normalized spacial score (nSPS) is 14.8. The molecule has 0 aliphatic carbocycles. The molecule has 0 aliphatic rings. The third-order valence-corrected chi connectivity index (χ3v) is 6.04. The summed E-state index contributed by atoms with van der Waals surface area (Å²) in [6.45, 7) is 8.45. The monoisotopic (exact) mass is 452 g/mol. The molecule has 0 saturated heterocycles. The highest BCUT2D eigenvalue weighted by molar-refractivity contribution is 9.10. The minimum Gasteiger partial charge on any atom is -0.310 e. The van der Waals surface area contributed by atoms with Crippen molar-refractivity contribution in [2.45, 2.75) is 44.9 Å². The number of nitrogens with zero attached hydrogens (tertiary/aromatic N) is 1. The molecule has 0 aromatic heterocycles. The van der Waals surface area contributed by atoms with Crippen LogP contribution in [0, 0.1) is 5.82 Å². The Morgan fingerprint density at radius 1 is 1.15 bits per heavy atom. The second kappa shape index (κ2) is 9.71. The molecule has 1 N–H and O–H groups in total. The average molecular weight is 453 g/mol. The fourth-order valence-corrected chi connectivity index (χ4v) is 3.33. The molecule has 2 aromatic rings. The van der Waals surface area contributed by atoms with Gasteiger partial charge in [-0.15, -0.1) is 0 Å². The molecule has 2 rings (SSSR count). The third kappa shape index (κ3) is 6.94. The van der Waals surface area contributed by atoms with E-state index in [9.17, 15) is 8.60 Å². The van der Waals surface area contributed by atoms with Gasteiger partial charge in [0.15, 0.2) is 0 Å². The highest BCUT2D eigenvalue weighted by Crippen LogP contribution is 2.18. The molecule has 146 valence electrons. The molecule has 0 amide bonds. The van der Waals surface area contributed by atoms with Crippen molar-refractivity contribution < 1.29 is 8.60 Å². The minimum atomic E-state index is -1.36. The summed E-state index contributed by atoms with van der Waals surface area (Å²) in [4.78, 5) is 0. The lowest BCUT2D eigenvalue weighted by atomic mass is 10.1. The van der Waals surface area contributed by atoms with E-state index in [0.717, 1.165) is 15.7 Å². The van der Waals surface area contributed by atoms with Crippen molar-refractivity contribution in [2.24, 2.45) is 4.40 Å². The number of hydrogen-bond acceptors (Lipinski definition) is 2. The van der Waals surface area contributed by atoms with Crippen molar-refractivity contribution in [2.75, 3.05) is 6.54 Å². The first kappa shape index (κ1) is 21.9. The molecule has 0 saturated carbocycles. The van der Waals surface area contributed by atoms with Gasteiger partial charge >= 0.3 is 0 Å². The summed E-state index contributed by atoms with van der Waals surface area (Å²) < 4.78 is 30.8. The van der Waals surface area contributed by atoms with Crippen LogP contribution in [0.2, 0.25) is 0 Å². The van der Waals surface area contributed by atoms with Crippen LogP contribution in [0.5, 0.6) is 0 Å². The summed E-state index contributed by atoms with van der Waals surface area (Å²) in [6.07, 6.45) is 0.605. The Bertz CT molecular complexity index is 798. The van der Waals surface area contributed by atoms with Crippen LogP contribution < -0.4 is 5.32 Å². The van der Waals surface area contributed by atoms with E-state index in [-0.39, 0.29) is 11.9 Å². The van der Waals surface area contributed by atoms with Crippen LogP contribution in [0.25, 0.3) is 0 Å². The predicted octanol–water partition coefficient (Wildman–Crippen LogP) is 5.58. The van der Waals surface area contributed by atoms with Crippen molar-refractivity contribution in [1.29, 1.82) is 0 Å². The largest absolute Gasteiger partial charge is 0.310 e. The maximum atomic E-state index is 13.3. The van der Waals surface area contributed by atoms with E-state index in [1.54, 1.807) is 12.1 Å². The molecule has 2 atom stereocenters. The van der Waals surface area contributed by atoms with E-state index in [0.29, 0.717) is 13.0 Å². The highest BCUT2D eigenvalue weighted by atomic mass is 79.9. The fourth-order valence-electron chi connectivity index (χ4n) is 2.40. The second-order valence-electron chi connectivity index (χ2n) is 7.38. The van der Waals surface area contributed by atoms with E-state index in [2.05, 4.69) is 44.7 Å². The maximum absolute atomic E-state index is 13.3. The zero-order valence-electron chi connectivity index (χ0n) is 16.1. The summed E-state index contributed by atoms with van der Waals surface area (Å²) in [5.41, 5.74) is 2.71. The molecule has 27 heavy (non-hydrogen) atoms. The maximum Gasteiger partial charge on any atom is 0.145 e. The summed E-state index contributed by atoms with van der Waals surface area (Å²) >= 11 is 3.44. The van der Waals surface area contributed by atoms with Crippen LogP contribution in [0.4, 0.5) is 4.39 Å². The quantitative estimate of drug-likeness (QED) is 0.556. The van der Waals surface area contributed by atoms with Gasteiger partial charge in [0.25, 0.3) is 0 Å². The minimum absolute atomic E-state index is 0.181. The lowest BCUT2D eigenvalue weighted by Gasteiger charge is -2.17. The Balaban J connectivity index is 2.10. The molecule has 2 aromatic carbocycles. The summed E-state index contributed by atoms with van der Waals surface area (Å²) in [5.74, 6) is -0.294. The summed E-state index contributed by atoms with van der Waals surface area (Å²) in [6, 6.07) is 14.6. The molecule has 0 aliphatic heterocycles. The van der Waals surface area contributed by atoms with E-state index in [4.69, 9.17) is 0 Å². The Morgan fingerprint density at radius 2 is 1.74 bits per heavy atom. The van der Waals surface area contributed by atoms with Crippen LogP contribution in [-0.4, -0.2) is 21.2 Å². The Kier molecular flexibility index (Phi) is 7.89. The molecule has 0 unspecified atom stereocenters. The van der Waals surface area contributed by atoms with Gasteiger partial charge in [-0.1, -0.05) is 40.2 Å². The first-order valence-corrected chi connectivity index (χ1v) is 10.8. The first-order valence-electron chi connectivity index (χ1n) is 8.91. The Morgan fingerprint density at radius 3 is 2.30 bits per heavy atom. The topological polar surface area (TPSA) is 41.5 Å². The van der Waals surface area contributed by atoms with E-state index >= 15 is 0 Å². The van der Waals surface area contributed by atoms with Gasteiger partial charge in [-0.2, -0.15) is 4.40 Å². The standard InChI is InChI=1S/C21H26BrFN2OS/c1-15(16-5-9-18(22)10-6-16)24-14-13-20(25-27(26)21(2,3)4)17-7-11-19(23)12-8-17/h5-12,15,24H,13-14H2,1-4H3/b25-20+/t15-,27+/m0/s1. The smallest absolute Gasteiger partial charge is 0.145 e. The van der Waals surface area contributed by atoms with E-state index in [1.807, 2.05) is 32.9 Å². The number of rotatable bonds is 7. The molecule has 3 nitrogen and oxygen atoms in total. The molecular formula is C21H26BrFN2OS. The van der Waals surface area contributed by atoms with Crippen LogP contribution in [0.15, 0.2) is 57.4 Å². The van der Waals surface area contributed by atoms with Crippen molar-refractivity contribution in [3.8, 4) is 0 Å². The average Bonchev–Trinajstić information content (AvgIpc) is 2.61. The van der Waals surface area contributed by atoms with Crippen LogP contribution in [0.1, 0.15) is 51.3 Å². The molecule has 0 spiro atoms. The lowest BCUT2D eigenvalue weighted by Crippen LogP contribution is -2.24. The number of benzene rings is 2. The van der Waals surface area contributed by atoms with E-state index < -0.39 is 15.7 Å². The zero-order chi connectivity index (χ0) is 20.0. The van der Waals surface area contributed by atoms with Crippen LogP contribution in [0.3, 0.4) is 0 Å². The van der Waals surface area contributed by atoms with Gasteiger partial charge in [-0.3, -0.25) is 0 Å². The SMILES string of the molecule is C[C@H](NCC/C(=N\[S@](=O)C(C)(C)C)c1ccc(F)cc1)c1ccc(Br)cc1. The lowest BCUT2D eigenvalue weighted by molar-refractivity contribution is 0.586. The summed E-state index contributed by atoms with van der Waals surface area (Å²) in [7, 11) is -1.36. The van der Waals surface area contributed by atoms with Gasteiger partial charge in [0, 0.05) is 23.5 Å². The van der Waals surface area contributed by atoms with Crippen molar-refractivity contribution in [3.63, 3.8) is 0 Å². The summed E-state index contributed by atoms with van der Waals surface area (Å²) in [5, 5.41) is 3.47. The van der Waals surface area contributed by atoms with Gasteiger partial charge < -0.3 is 5.32 Å². The fraction of sp³-hybridized carbons (Fsp3) is 0.381. The van der Waals surface area contributed by atoms with Crippen molar-refractivity contribution in [3.05, 3.63) is 69.9 Å². The molecular weight excluding hydrogens is 427 g/mol. The van der Waals surface area contributed by atoms with Crippen LogP contribution >= 0.6 is 15.9 Å². The number of nitrogens with one attached hydrogen (secondary N) is 1. The van der Waals surface area contributed by atoms with E-state index in [1.165, 1.54) is 17.7 Å². The molecule has 6 heteroatoms. The number of halogens is 2. The van der Waals surface area contributed by atoms with Gasteiger partial charge in [0.2, 0.25) is 0 Å². The Labute approximate surface area is 172 Å². The first-order chi connectivity index (χ1) is 12.7. The molecule has 0 fully saturated rings. The van der Waals surface area contributed by atoms with Crippen LogP contribution in [-0.2, 0) is 11.0 Å². The predicted molar refractivity (Wildman–Crippen MR) is 116 cm³/mol. The van der Waals surface area contributed by atoms with Gasteiger partial charge in [-0.05, 0) is 63.1 Å².